The van der Waals surface area contributed by atoms with Crippen molar-refractivity contribution in [2.45, 2.75) is 0 Å². The molecule has 3 rings (SSSR count). The lowest BCUT2D eigenvalue weighted by Gasteiger charge is -2.29. The molecule has 0 bridgehead atoms. The standard InChI is InChI=1S/C17H15BrClFN2O/c18-14-3-2-13(10-15(14)19)21-11-12-1-4-17(16(20)9-12)22-5-7-23-8-6-22/h1-4,9-11H,5-8H2. The summed E-state index contributed by atoms with van der Waals surface area (Å²) >= 11 is 9.36. The van der Waals surface area contributed by atoms with Gasteiger partial charge >= 0.3 is 0 Å². The quantitative estimate of drug-likeness (QED) is 0.693. The minimum Gasteiger partial charge on any atom is -0.378 e. The van der Waals surface area contributed by atoms with Gasteiger partial charge in [-0.1, -0.05) is 17.7 Å². The Morgan fingerprint density at radius 1 is 1.17 bits per heavy atom. The summed E-state index contributed by atoms with van der Waals surface area (Å²) in [6, 6.07) is 10.6. The lowest BCUT2D eigenvalue weighted by molar-refractivity contribution is 0.122. The van der Waals surface area contributed by atoms with E-state index in [1.807, 2.05) is 23.1 Å². The third kappa shape index (κ3) is 4.10. The molecule has 0 saturated carbocycles. The maximum absolute atomic E-state index is 14.3. The molecule has 0 spiro atoms. The van der Waals surface area contributed by atoms with Crippen molar-refractivity contribution in [3.05, 3.63) is 57.3 Å². The van der Waals surface area contributed by atoms with E-state index in [0.29, 0.717) is 42.6 Å². The molecule has 1 aliphatic rings. The van der Waals surface area contributed by atoms with Crippen LogP contribution in [0.2, 0.25) is 5.02 Å². The lowest BCUT2D eigenvalue weighted by atomic mass is 10.2. The molecule has 0 radical (unpaired) electrons. The van der Waals surface area contributed by atoms with Gasteiger partial charge in [-0.2, -0.15) is 0 Å². The average molecular weight is 398 g/mol. The minimum absolute atomic E-state index is 0.246. The van der Waals surface area contributed by atoms with E-state index >= 15 is 0 Å². The van der Waals surface area contributed by atoms with Crippen molar-refractivity contribution in [1.29, 1.82) is 0 Å². The normalized spacial score (nSPS) is 15.3. The topological polar surface area (TPSA) is 24.8 Å². The monoisotopic (exact) mass is 396 g/mol. The first kappa shape index (κ1) is 16.4. The van der Waals surface area contributed by atoms with Crippen LogP contribution < -0.4 is 4.90 Å². The Bertz CT molecular complexity index is 733. The van der Waals surface area contributed by atoms with Gasteiger partial charge in [0.2, 0.25) is 0 Å². The Hall–Kier alpha value is -1.43. The minimum atomic E-state index is -0.246. The predicted molar refractivity (Wildman–Crippen MR) is 95.8 cm³/mol. The Balaban J connectivity index is 1.76. The smallest absolute Gasteiger partial charge is 0.147 e. The van der Waals surface area contributed by atoms with Crippen LogP contribution in [0, 0.1) is 5.82 Å². The highest BCUT2D eigenvalue weighted by Gasteiger charge is 2.14. The molecule has 0 amide bonds. The maximum Gasteiger partial charge on any atom is 0.147 e. The van der Waals surface area contributed by atoms with Crippen LogP contribution in [0.4, 0.5) is 15.8 Å². The van der Waals surface area contributed by atoms with E-state index in [1.165, 1.54) is 6.07 Å². The highest BCUT2D eigenvalue weighted by molar-refractivity contribution is 9.10. The van der Waals surface area contributed by atoms with E-state index in [-0.39, 0.29) is 5.82 Å². The molecule has 2 aromatic carbocycles. The molecule has 2 aromatic rings. The van der Waals surface area contributed by atoms with E-state index in [1.54, 1.807) is 18.3 Å². The van der Waals surface area contributed by atoms with Crippen LogP contribution in [0.25, 0.3) is 0 Å². The van der Waals surface area contributed by atoms with Crippen LogP contribution >= 0.6 is 27.5 Å². The summed E-state index contributed by atoms with van der Waals surface area (Å²) in [4.78, 5) is 6.33. The van der Waals surface area contributed by atoms with E-state index in [4.69, 9.17) is 16.3 Å². The number of hydrogen-bond acceptors (Lipinski definition) is 3. The largest absolute Gasteiger partial charge is 0.378 e. The maximum atomic E-state index is 14.3. The van der Waals surface area contributed by atoms with Crippen molar-refractivity contribution >= 4 is 45.1 Å². The number of hydrogen-bond donors (Lipinski definition) is 0. The van der Waals surface area contributed by atoms with Crippen molar-refractivity contribution in [3.8, 4) is 0 Å². The van der Waals surface area contributed by atoms with E-state index in [2.05, 4.69) is 20.9 Å². The third-order valence-electron chi connectivity index (χ3n) is 3.59. The third-order valence-corrected chi connectivity index (χ3v) is 4.82. The van der Waals surface area contributed by atoms with Gasteiger partial charge in [0.15, 0.2) is 0 Å². The van der Waals surface area contributed by atoms with Gasteiger partial charge in [0.05, 0.1) is 29.6 Å². The van der Waals surface area contributed by atoms with E-state index in [0.717, 1.165) is 10.2 Å². The van der Waals surface area contributed by atoms with Crippen molar-refractivity contribution < 1.29 is 9.13 Å². The lowest BCUT2D eigenvalue weighted by Crippen LogP contribution is -2.36. The Morgan fingerprint density at radius 2 is 1.96 bits per heavy atom. The highest BCUT2D eigenvalue weighted by atomic mass is 79.9. The number of halogens is 3. The van der Waals surface area contributed by atoms with Crippen molar-refractivity contribution in [1.82, 2.24) is 0 Å². The fourth-order valence-corrected chi connectivity index (χ4v) is 2.80. The zero-order chi connectivity index (χ0) is 16.2. The van der Waals surface area contributed by atoms with Gasteiger partial charge < -0.3 is 9.64 Å². The Kier molecular flexibility index (Phi) is 5.30. The summed E-state index contributed by atoms with van der Waals surface area (Å²) in [5, 5.41) is 0.591. The molecule has 120 valence electrons. The Morgan fingerprint density at radius 3 is 2.65 bits per heavy atom. The van der Waals surface area contributed by atoms with Crippen LogP contribution in [0.1, 0.15) is 5.56 Å². The van der Waals surface area contributed by atoms with Gasteiger partial charge in [0, 0.05) is 23.8 Å². The van der Waals surface area contributed by atoms with E-state index < -0.39 is 0 Å². The Labute approximate surface area is 147 Å². The van der Waals surface area contributed by atoms with Gasteiger partial charge in [0.1, 0.15) is 5.82 Å². The first-order chi connectivity index (χ1) is 11.1. The summed E-state index contributed by atoms with van der Waals surface area (Å²) in [6.45, 7) is 2.68. The zero-order valence-electron chi connectivity index (χ0n) is 12.3. The molecule has 0 aromatic heterocycles. The summed E-state index contributed by atoms with van der Waals surface area (Å²) in [5.74, 6) is -0.246. The molecule has 1 saturated heterocycles. The molecule has 1 heterocycles. The highest BCUT2D eigenvalue weighted by Crippen LogP contribution is 2.27. The number of ether oxygens (including phenoxy) is 1. The molecule has 0 atom stereocenters. The zero-order valence-corrected chi connectivity index (χ0v) is 14.6. The van der Waals surface area contributed by atoms with E-state index in [9.17, 15) is 4.39 Å². The molecule has 1 aliphatic heterocycles. The SMILES string of the molecule is Fc1cc(C=Nc2ccc(Br)c(Cl)c2)ccc1N1CCOCC1. The average Bonchev–Trinajstić information content (AvgIpc) is 2.57. The molecule has 1 fully saturated rings. The molecule has 0 N–H and O–H groups in total. The van der Waals surface area contributed by atoms with Gasteiger partial charge in [-0.25, -0.2) is 4.39 Å². The summed E-state index contributed by atoms with van der Waals surface area (Å²) in [5.41, 5.74) is 2.03. The van der Waals surface area contributed by atoms with Gasteiger partial charge in [-0.05, 0) is 51.8 Å². The van der Waals surface area contributed by atoms with Crippen LogP contribution in [-0.4, -0.2) is 32.5 Å². The summed E-state index contributed by atoms with van der Waals surface area (Å²) in [6.07, 6.45) is 1.63. The number of rotatable bonds is 3. The first-order valence-corrected chi connectivity index (χ1v) is 8.42. The number of anilines is 1. The van der Waals surface area contributed by atoms with Crippen LogP contribution in [0.5, 0.6) is 0 Å². The number of nitrogens with zero attached hydrogens (tertiary/aromatic N) is 2. The summed E-state index contributed by atoms with van der Waals surface area (Å²) < 4.78 is 20.4. The molecule has 0 unspecified atom stereocenters. The predicted octanol–water partition coefficient (Wildman–Crippen LogP) is 4.83. The summed E-state index contributed by atoms with van der Waals surface area (Å²) in [7, 11) is 0. The van der Waals surface area contributed by atoms with Crippen LogP contribution in [0.15, 0.2) is 45.9 Å². The van der Waals surface area contributed by atoms with Crippen molar-refractivity contribution in [2.24, 2.45) is 4.99 Å². The number of morpholine rings is 1. The van der Waals surface area contributed by atoms with Gasteiger partial charge in [0.25, 0.3) is 0 Å². The fraction of sp³-hybridized carbons (Fsp3) is 0.235. The van der Waals surface area contributed by atoms with Gasteiger partial charge in [-0.3, -0.25) is 4.99 Å². The van der Waals surface area contributed by atoms with Crippen LogP contribution in [-0.2, 0) is 4.74 Å². The number of benzene rings is 2. The molecular formula is C17H15BrClFN2O. The molecule has 23 heavy (non-hydrogen) atoms. The second kappa shape index (κ2) is 7.43. The molecule has 3 nitrogen and oxygen atoms in total. The van der Waals surface area contributed by atoms with Crippen molar-refractivity contribution in [2.75, 3.05) is 31.2 Å². The molecule has 0 aliphatic carbocycles. The fourth-order valence-electron chi connectivity index (χ4n) is 2.38. The van der Waals surface area contributed by atoms with Gasteiger partial charge in [-0.15, -0.1) is 0 Å². The molecule has 6 heteroatoms. The second-order valence-corrected chi connectivity index (χ2v) is 6.43. The molecular weight excluding hydrogens is 383 g/mol. The van der Waals surface area contributed by atoms with Crippen LogP contribution in [0.3, 0.4) is 0 Å². The number of aliphatic imine (C=N–C) groups is 1. The second-order valence-electron chi connectivity index (χ2n) is 5.17. The van der Waals surface area contributed by atoms with Crippen molar-refractivity contribution in [3.63, 3.8) is 0 Å². The first-order valence-electron chi connectivity index (χ1n) is 7.25.